The third-order valence-corrected chi connectivity index (χ3v) is 4.27. The van der Waals surface area contributed by atoms with Crippen LogP contribution < -0.4 is 9.80 Å². The van der Waals surface area contributed by atoms with Crippen LogP contribution in [0.2, 0.25) is 0 Å². The van der Waals surface area contributed by atoms with Gasteiger partial charge in [-0.15, -0.1) is 11.3 Å². The van der Waals surface area contributed by atoms with E-state index in [-0.39, 0.29) is 12.5 Å². The zero-order valence-electron chi connectivity index (χ0n) is 11.4. The molecule has 2 heterocycles. The molecule has 3 rings (SSSR count). The van der Waals surface area contributed by atoms with E-state index >= 15 is 0 Å². The summed E-state index contributed by atoms with van der Waals surface area (Å²) in [5.41, 5.74) is 2.15. The van der Waals surface area contributed by atoms with Crippen LogP contribution >= 0.6 is 11.3 Å². The highest BCUT2D eigenvalue weighted by molar-refractivity contribution is 7.13. The van der Waals surface area contributed by atoms with Crippen molar-refractivity contribution in [1.29, 1.82) is 5.26 Å². The van der Waals surface area contributed by atoms with Crippen molar-refractivity contribution < 1.29 is 4.79 Å². The number of nitriles is 1. The summed E-state index contributed by atoms with van der Waals surface area (Å²) in [7, 11) is 0. The maximum Gasteiger partial charge on any atom is 0.247 e. The molecule has 1 aromatic heterocycles. The number of carbonyl (C=O) groups excluding carboxylic acids is 1. The Morgan fingerprint density at radius 2 is 2.33 bits per heavy atom. The van der Waals surface area contributed by atoms with Crippen LogP contribution in [0.5, 0.6) is 0 Å². The van der Waals surface area contributed by atoms with Crippen LogP contribution in [0, 0.1) is 11.5 Å². The number of hydrogen-bond acceptors (Lipinski definition) is 5. The van der Waals surface area contributed by atoms with Crippen molar-refractivity contribution in [2.45, 2.75) is 12.8 Å². The summed E-state index contributed by atoms with van der Waals surface area (Å²) in [4.78, 5) is 19.7. The number of hydrogen-bond donors (Lipinski definition) is 0. The topological polar surface area (TPSA) is 60.2 Å². The number of para-hydroxylation sites is 1. The lowest BCUT2D eigenvalue weighted by atomic mass is 10.0. The van der Waals surface area contributed by atoms with Gasteiger partial charge in [-0.05, 0) is 24.5 Å². The molecule has 0 atom stereocenters. The van der Waals surface area contributed by atoms with E-state index in [1.165, 1.54) is 21.8 Å². The van der Waals surface area contributed by atoms with Gasteiger partial charge in [0.1, 0.15) is 6.54 Å². The summed E-state index contributed by atoms with van der Waals surface area (Å²) >= 11 is 1.35. The molecular formula is C15H14N4OS. The van der Waals surface area contributed by atoms with E-state index in [0.717, 1.165) is 18.5 Å². The Bertz CT molecular complexity index is 677. The molecule has 0 unspecified atom stereocenters. The molecule has 0 N–H and O–H groups in total. The maximum absolute atomic E-state index is 12.5. The molecule has 0 radical (unpaired) electrons. The Hall–Kier alpha value is -2.39. The molecule has 1 aliphatic rings. The van der Waals surface area contributed by atoms with Gasteiger partial charge in [-0.1, -0.05) is 18.2 Å². The standard InChI is InChI=1S/C15H14N4OS/c16-11-18(15-17-7-9-21-15)10-14(20)19-8-3-5-12-4-1-2-6-13(12)19/h1-2,4,6-7,9H,3,5,8,10H2. The molecule has 21 heavy (non-hydrogen) atoms. The monoisotopic (exact) mass is 298 g/mol. The molecule has 106 valence electrons. The van der Waals surface area contributed by atoms with Crippen molar-refractivity contribution in [3.8, 4) is 6.19 Å². The molecule has 1 aromatic carbocycles. The predicted molar refractivity (Wildman–Crippen MR) is 82.2 cm³/mol. The largest absolute Gasteiger partial charge is 0.311 e. The van der Waals surface area contributed by atoms with Gasteiger partial charge in [-0.25, -0.2) is 9.88 Å². The fourth-order valence-corrected chi connectivity index (χ4v) is 3.11. The van der Waals surface area contributed by atoms with Gasteiger partial charge < -0.3 is 4.90 Å². The number of benzene rings is 1. The quantitative estimate of drug-likeness (QED) is 0.645. The van der Waals surface area contributed by atoms with Crippen LogP contribution in [-0.2, 0) is 11.2 Å². The predicted octanol–water partition coefficient (Wildman–Crippen LogP) is 2.41. The van der Waals surface area contributed by atoms with E-state index in [1.807, 2.05) is 24.4 Å². The summed E-state index contributed by atoms with van der Waals surface area (Å²) in [5.74, 6) is -0.0705. The molecule has 0 bridgehead atoms. The minimum absolute atomic E-state index is 0.0261. The molecule has 1 aliphatic heterocycles. The number of anilines is 2. The van der Waals surface area contributed by atoms with Crippen LogP contribution in [0.15, 0.2) is 35.8 Å². The van der Waals surface area contributed by atoms with E-state index in [4.69, 9.17) is 0 Å². The van der Waals surface area contributed by atoms with Crippen molar-refractivity contribution in [3.63, 3.8) is 0 Å². The number of carbonyl (C=O) groups is 1. The first-order valence-corrected chi connectivity index (χ1v) is 7.62. The van der Waals surface area contributed by atoms with E-state index < -0.39 is 0 Å². The van der Waals surface area contributed by atoms with E-state index in [0.29, 0.717) is 11.7 Å². The summed E-state index contributed by atoms with van der Waals surface area (Å²) in [5, 5.41) is 11.6. The number of rotatable bonds is 3. The zero-order valence-corrected chi connectivity index (χ0v) is 12.2. The molecule has 0 saturated heterocycles. The molecule has 6 heteroatoms. The molecule has 0 saturated carbocycles. The van der Waals surface area contributed by atoms with Gasteiger partial charge in [0.05, 0.1) is 0 Å². The Balaban J connectivity index is 1.79. The molecule has 0 spiro atoms. The van der Waals surface area contributed by atoms with Gasteiger partial charge in [0, 0.05) is 23.8 Å². The highest BCUT2D eigenvalue weighted by Gasteiger charge is 2.24. The molecule has 2 aromatic rings. The SMILES string of the molecule is N#CN(CC(=O)N1CCCc2ccccc21)c1nccs1. The van der Waals surface area contributed by atoms with E-state index in [1.54, 1.807) is 16.5 Å². The highest BCUT2D eigenvalue weighted by Crippen LogP contribution is 2.27. The van der Waals surface area contributed by atoms with Crippen molar-refractivity contribution in [1.82, 2.24) is 4.98 Å². The van der Waals surface area contributed by atoms with E-state index in [2.05, 4.69) is 11.1 Å². The fourth-order valence-electron chi connectivity index (χ4n) is 2.51. The first kappa shape index (κ1) is 13.6. The number of aryl methyl sites for hydroxylation is 1. The Morgan fingerprint density at radius 3 is 3.10 bits per heavy atom. The molecule has 0 fully saturated rings. The summed E-state index contributed by atoms with van der Waals surface area (Å²) in [6.07, 6.45) is 5.61. The first-order valence-electron chi connectivity index (χ1n) is 6.74. The van der Waals surface area contributed by atoms with Crippen molar-refractivity contribution in [3.05, 3.63) is 41.4 Å². The number of aromatic nitrogens is 1. The lowest BCUT2D eigenvalue weighted by Crippen LogP contribution is -2.41. The number of fused-ring (bicyclic) bond motifs is 1. The summed E-state index contributed by atoms with van der Waals surface area (Å²) < 4.78 is 0. The van der Waals surface area contributed by atoms with Gasteiger partial charge in [0.15, 0.2) is 11.3 Å². The third kappa shape index (κ3) is 2.73. The smallest absolute Gasteiger partial charge is 0.247 e. The van der Waals surface area contributed by atoms with Crippen LogP contribution in [0.1, 0.15) is 12.0 Å². The van der Waals surface area contributed by atoms with Gasteiger partial charge in [-0.3, -0.25) is 4.79 Å². The minimum Gasteiger partial charge on any atom is -0.311 e. The second-order valence-corrected chi connectivity index (χ2v) is 5.65. The zero-order chi connectivity index (χ0) is 14.7. The second-order valence-electron chi connectivity index (χ2n) is 4.78. The van der Waals surface area contributed by atoms with Crippen LogP contribution in [0.4, 0.5) is 10.8 Å². The first-order chi connectivity index (χ1) is 10.3. The number of nitrogens with zero attached hydrogens (tertiary/aromatic N) is 4. The molecular weight excluding hydrogens is 284 g/mol. The molecule has 0 aliphatic carbocycles. The molecule has 5 nitrogen and oxygen atoms in total. The van der Waals surface area contributed by atoms with Crippen LogP contribution in [0.25, 0.3) is 0 Å². The van der Waals surface area contributed by atoms with Crippen LogP contribution in [0.3, 0.4) is 0 Å². The van der Waals surface area contributed by atoms with Crippen LogP contribution in [-0.4, -0.2) is 24.0 Å². The normalized spacial score (nSPS) is 13.4. The van der Waals surface area contributed by atoms with Gasteiger partial charge >= 0.3 is 0 Å². The van der Waals surface area contributed by atoms with E-state index in [9.17, 15) is 10.1 Å². The van der Waals surface area contributed by atoms with Crippen molar-refractivity contribution in [2.75, 3.05) is 22.9 Å². The lowest BCUT2D eigenvalue weighted by Gasteiger charge is -2.30. The Morgan fingerprint density at radius 1 is 1.48 bits per heavy atom. The Kier molecular flexibility index (Phi) is 3.84. The third-order valence-electron chi connectivity index (χ3n) is 3.48. The lowest BCUT2D eigenvalue weighted by molar-refractivity contribution is -0.117. The minimum atomic E-state index is -0.0705. The number of amides is 1. The average molecular weight is 298 g/mol. The van der Waals surface area contributed by atoms with Gasteiger partial charge in [-0.2, -0.15) is 5.26 Å². The maximum atomic E-state index is 12.5. The van der Waals surface area contributed by atoms with Gasteiger partial charge in [0.2, 0.25) is 5.91 Å². The average Bonchev–Trinajstić information content (AvgIpc) is 3.06. The van der Waals surface area contributed by atoms with Gasteiger partial charge in [0.25, 0.3) is 0 Å². The molecule has 1 amide bonds. The number of thiazole rings is 1. The highest BCUT2D eigenvalue weighted by atomic mass is 32.1. The second kappa shape index (κ2) is 5.94. The summed E-state index contributed by atoms with van der Waals surface area (Å²) in [6, 6.07) is 7.95. The van der Waals surface area contributed by atoms with Crippen molar-refractivity contribution in [2.24, 2.45) is 0 Å². The van der Waals surface area contributed by atoms with Crippen molar-refractivity contribution >= 4 is 28.1 Å². The Labute approximate surface area is 127 Å². The fraction of sp³-hybridized carbons (Fsp3) is 0.267. The summed E-state index contributed by atoms with van der Waals surface area (Å²) in [6.45, 7) is 0.728.